The fourth-order valence-corrected chi connectivity index (χ4v) is 3.51. The number of ether oxygens (including phenoxy) is 1. The molecule has 7 nitrogen and oxygen atoms in total. The monoisotopic (exact) mass is 418 g/mol. The van der Waals surface area contributed by atoms with Gasteiger partial charge in [0.1, 0.15) is 0 Å². The maximum Gasteiger partial charge on any atom is 0.338 e. The van der Waals surface area contributed by atoms with Gasteiger partial charge in [0, 0.05) is 27.7 Å². The maximum absolute atomic E-state index is 12.3. The lowest BCUT2D eigenvalue weighted by molar-refractivity contribution is -0.133. The normalized spacial score (nSPS) is 11.3. The van der Waals surface area contributed by atoms with Crippen LogP contribution in [0.1, 0.15) is 28.4 Å². The van der Waals surface area contributed by atoms with Gasteiger partial charge in [-0.3, -0.25) is 4.79 Å². The average molecular weight is 419 g/mol. The van der Waals surface area contributed by atoms with E-state index < -0.39 is 22.6 Å². The predicted octanol–water partition coefficient (Wildman–Crippen LogP) is 2.31. The molecule has 0 aliphatic heterocycles. The second-order valence-electron chi connectivity index (χ2n) is 6.81. The highest BCUT2D eigenvalue weighted by Crippen LogP contribution is 2.15. The Morgan fingerprint density at radius 1 is 0.966 bits per heavy atom. The van der Waals surface area contributed by atoms with E-state index in [1.807, 2.05) is 24.3 Å². The molecule has 29 heavy (non-hydrogen) atoms. The minimum absolute atomic E-state index is 0.0177. The SMILES string of the molecule is CCc1ccc(CN(C)C(=O)COC(=O)c2cccc(S(=O)(=O)N(C)C)c2)cc1. The zero-order chi connectivity index (χ0) is 21.6. The van der Waals surface area contributed by atoms with Crippen LogP contribution in [0.4, 0.5) is 0 Å². The summed E-state index contributed by atoms with van der Waals surface area (Å²) < 4.78 is 30.5. The molecule has 2 rings (SSSR count). The van der Waals surface area contributed by atoms with E-state index in [-0.39, 0.29) is 16.4 Å². The molecule has 8 heteroatoms. The van der Waals surface area contributed by atoms with Gasteiger partial charge in [0.25, 0.3) is 5.91 Å². The van der Waals surface area contributed by atoms with E-state index in [9.17, 15) is 18.0 Å². The Bertz CT molecular complexity index is 969. The van der Waals surface area contributed by atoms with Crippen molar-refractivity contribution in [2.75, 3.05) is 27.7 Å². The molecule has 0 saturated heterocycles. The van der Waals surface area contributed by atoms with Crippen LogP contribution in [-0.2, 0) is 32.5 Å². The molecule has 2 aromatic carbocycles. The Labute approximate surface area is 171 Å². The van der Waals surface area contributed by atoms with Crippen LogP contribution >= 0.6 is 0 Å². The highest BCUT2D eigenvalue weighted by Gasteiger charge is 2.20. The number of rotatable bonds is 8. The summed E-state index contributed by atoms with van der Waals surface area (Å²) in [4.78, 5) is 26.0. The largest absolute Gasteiger partial charge is 0.452 e. The van der Waals surface area contributed by atoms with Gasteiger partial charge in [-0.05, 0) is 35.7 Å². The number of carbonyl (C=O) groups excluding carboxylic acids is 2. The predicted molar refractivity (Wildman–Crippen MR) is 110 cm³/mol. The number of likely N-dealkylation sites (N-methyl/N-ethyl adjacent to an activating group) is 1. The topological polar surface area (TPSA) is 84.0 Å². The lowest BCUT2D eigenvalue weighted by Crippen LogP contribution is -2.30. The summed E-state index contributed by atoms with van der Waals surface area (Å²) in [5, 5.41) is 0. The number of amides is 1. The van der Waals surface area contributed by atoms with E-state index in [1.165, 1.54) is 48.8 Å². The van der Waals surface area contributed by atoms with Crippen LogP contribution in [0.2, 0.25) is 0 Å². The molecule has 0 aliphatic rings. The summed E-state index contributed by atoms with van der Waals surface area (Å²) in [6.07, 6.45) is 0.946. The van der Waals surface area contributed by atoms with Gasteiger partial charge in [-0.2, -0.15) is 0 Å². The van der Waals surface area contributed by atoms with E-state index in [4.69, 9.17) is 4.74 Å². The first-order valence-electron chi connectivity index (χ1n) is 9.16. The zero-order valence-corrected chi connectivity index (χ0v) is 17.9. The molecule has 156 valence electrons. The molecule has 0 N–H and O–H groups in total. The third kappa shape index (κ3) is 5.88. The van der Waals surface area contributed by atoms with Gasteiger partial charge in [0.15, 0.2) is 6.61 Å². The standard InChI is InChI=1S/C21H26N2O5S/c1-5-16-9-11-17(12-10-16)14-23(4)20(24)15-28-21(25)18-7-6-8-19(13-18)29(26,27)22(2)3/h6-13H,5,14-15H2,1-4H3. The van der Waals surface area contributed by atoms with Gasteiger partial charge in [-0.15, -0.1) is 0 Å². The van der Waals surface area contributed by atoms with Crippen LogP contribution in [0.15, 0.2) is 53.4 Å². The van der Waals surface area contributed by atoms with E-state index in [0.29, 0.717) is 6.54 Å². The van der Waals surface area contributed by atoms with Crippen molar-refractivity contribution in [3.63, 3.8) is 0 Å². The van der Waals surface area contributed by atoms with Crippen molar-refractivity contribution in [1.29, 1.82) is 0 Å². The van der Waals surface area contributed by atoms with Gasteiger partial charge in [-0.1, -0.05) is 37.3 Å². The smallest absolute Gasteiger partial charge is 0.338 e. The van der Waals surface area contributed by atoms with Gasteiger partial charge >= 0.3 is 5.97 Å². The second kappa shape index (κ2) is 9.67. The van der Waals surface area contributed by atoms with Gasteiger partial charge in [-0.25, -0.2) is 17.5 Å². The van der Waals surface area contributed by atoms with Crippen molar-refractivity contribution in [3.05, 3.63) is 65.2 Å². The first-order chi connectivity index (χ1) is 13.6. The lowest BCUT2D eigenvalue weighted by Gasteiger charge is -2.17. The number of hydrogen-bond acceptors (Lipinski definition) is 5. The van der Waals surface area contributed by atoms with Crippen molar-refractivity contribution in [3.8, 4) is 0 Å². The number of sulfonamides is 1. The number of hydrogen-bond donors (Lipinski definition) is 0. The van der Waals surface area contributed by atoms with Crippen LogP contribution in [0.25, 0.3) is 0 Å². The minimum atomic E-state index is -3.67. The van der Waals surface area contributed by atoms with Crippen LogP contribution in [0.5, 0.6) is 0 Å². The molecule has 0 heterocycles. The van der Waals surface area contributed by atoms with E-state index in [1.54, 1.807) is 7.05 Å². The molecular formula is C21H26N2O5S. The summed E-state index contributed by atoms with van der Waals surface area (Å²) >= 11 is 0. The Kier molecular flexibility index (Phi) is 7.53. The summed E-state index contributed by atoms with van der Waals surface area (Å²) in [7, 11) is 0.781. The number of nitrogens with zero attached hydrogens (tertiary/aromatic N) is 2. The Balaban J connectivity index is 1.96. The van der Waals surface area contributed by atoms with E-state index in [0.717, 1.165) is 16.3 Å². The zero-order valence-electron chi connectivity index (χ0n) is 17.1. The third-order valence-electron chi connectivity index (χ3n) is 4.45. The van der Waals surface area contributed by atoms with Crippen molar-refractivity contribution in [1.82, 2.24) is 9.21 Å². The maximum atomic E-state index is 12.3. The first kappa shape index (κ1) is 22.6. The molecule has 0 radical (unpaired) electrons. The Hall–Kier alpha value is -2.71. The van der Waals surface area contributed by atoms with E-state index in [2.05, 4.69) is 6.92 Å². The third-order valence-corrected chi connectivity index (χ3v) is 6.26. The summed E-state index contributed by atoms with van der Waals surface area (Å²) in [6, 6.07) is 13.5. The summed E-state index contributed by atoms with van der Waals surface area (Å²) in [5.41, 5.74) is 2.26. The summed E-state index contributed by atoms with van der Waals surface area (Å²) in [5.74, 6) is -1.11. The van der Waals surface area contributed by atoms with Crippen molar-refractivity contribution in [2.24, 2.45) is 0 Å². The number of aryl methyl sites for hydroxylation is 1. The molecule has 0 unspecified atom stereocenters. The second-order valence-corrected chi connectivity index (χ2v) is 8.96. The van der Waals surface area contributed by atoms with Crippen LogP contribution < -0.4 is 0 Å². The minimum Gasteiger partial charge on any atom is -0.452 e. The molecule has 0 bridgehead atoms. The van der Waals surface area contributed by atoms with E-state index >= 15 is 0 Å². The molecule has 0 atom stereocenters. The molecule has 2 aromatic rings. The molecule has 0 fully saturated rings. The van der Waals surface area contributed by atoms with Crippen molar-refractivity contribution < 1.29 is 22.7 Å². The average Bonchev–Trinajstić information content (AvgIpc) is 2.72. The molecule has 0 aliphatic carbocycles. The Morgan fingerprint density at radius 2 is 1.59 bits per heavy atom. The molecule has 0 spiro atoms. The summed E-state index contributed by atoms with van der Waals surface area (Å²) in [6.45, 7) is 2.05. The van der Waals surface area contributed by atoms with Crippen LogP contribution in [-0.4, -0.2) is 57.2 Å². The molecule has 0 saturated carbocycles. The highest BCUT2D eigenvalue weighted by atomic mass is 32.2. The van der Waals surface area contributed by atoms with Gasteiger partial charge in [0.2, 0.25) is 10.0 Å². The molecule has 1 amide bonds. The quantitative estimate of drug-likeness (QED) is 0.615. The lowest BCUT2D eigenvalue weighted by atomic mass is 10.1. The number of esters is 1. The fraction of sp³-hybridized carbons (Fsp3) is 0.333. The van der Waals surface area contributed by atoms with Crippen LogP contribution in [0.3, 0.4) is 0 Å². The Morgan fingerprint density at radius 3 is 2.17 bits per heavy atom. The molecule has 0 aromatic heterocycles. The van der Waals surface area contributed by atoms with Crippen LogP contribution in [0, 0.1) is 0 Å². The van der Waals surface area contributed by atoms with Crippen molar-refractivity contribution >= 4 is 21.9 Å². The van der Waals surface area contributed by atoms with Gasteiger partial charge in [0.05, 0.1) is 10.5 Å². The highest BCUT2D eigenvalue weighted by molar-refractivity contribution is 7.89. The first-order valence-corrected chi connectivity index (χ1v) is 10.6. The fourth-order valence-electron chi connectivity index (χ4n) is 2.56. The number of carbonyl (C=O) groups is 2. The van der Waals surface area contributed by atoms with Crippen molar-refractivity contribution in [2.45, 2.75) is 24.8 Å². The number of benzene rings is 2. The van der Waals surface area contributed by atoms with Gasteiger partial charge < -0.3 is 9.64 Å². The molecular weight excluding hydrogens is 392 g/mol.